The Balaban J connectivity index is 0. The van der Waals surface area contributed by atoms with E-state index in [9.17, 15) is 9.59 Å². The van der Waals surface area contributed by atoms with Crippen molar-refractivity contribution >= 4 is 11.8 Å². The summed E-state index contributed by atoms with van der Waals surface area (Å²) in [6.07, 6.45) is 2.57. The predicted molar refractivity (Wildman–Crippen MR) is 78.9 cm³/mol. The highest BCUT2D eigenvalue weighted by Crippen LogP contribution is 2.14. The van der Waals surface area contributed by atoms with Crippen molar-refractivity contribution in [3.63, 3.8) is 0 Å². The summed E-state index contributed by atoms with van der Waals surface area (Å²) >= 11 is 0. The van der Waals surface area contributed by atoms with Gasteiger partial charge >= 0.3 is 0 Å². The third-order valence-corrected chi connectivity index (χ3v) is 3.68. The van der Waals surface area contributed by atoms with E-state index in [0.29, 0.717) is 17.6 Å². The summed E-state index contributed by atoms with van der Waals surface area (Å²) in [5, 5.41) is 5.53. The average molecular weight is 357 g/mol. The van der Waals surface area contributed by atoms with Gasteiger partial charge in [0.25, 0.3) is 5.91 Å². The van der Waals surface area contributed by atoms with Crippen molar-refractivity contribution in [2.75, 3.05) is 67.5 Å². The highest BCUT2D eigenvalue weighted by atomic mass is 35.5. The van der Waals surface area contributed by atoms with Crippen LogP contribution in [0.15, 0.2) is 0 Å². The van der Waals surface area contributed by atoms with E-state index in [1.807, 2.05) is 21.1 Å². The van der Waals surface area contributed by atoms with Crippen LogP contribution < -0.4 is 35.4 Å². The fraction of sp³-hybridized carbons (Fsp3) is 0.857. The van der Waals surface area contributed by atoms with E-state index in [1.54, 1.807) is 0 Å². The molecular formula is C14H30Cl2N4O2. The Kier molecular flexibility index (Phi) is 11.1. The molecule has 0 aliphatic carbocycles. The minimum atomic E-state index is -0.106. The third-order valence-electron chi connectivity index (χ3n) is 3.68. The first-order chi connectivity index (χ1) is 9.20. The number of nitrogens with zero attached hydrogens (tertiary/aromatic N) is 2. The highest BCUT2D eigenvalue weighted by Gasteiger charge is 2.26. The molecule has 22 heavy (non-hydrogen) atoms. The third kappa shape index (κ3) is 10.2. The van der Waals surface area contributed by atoms with E-state index in [2.05, 4.69) is 17.7 Å². The average Bonchev–Trinajstić information content (AvgIpc) is 2.71. The number of rotatable bonds is 7. The minimum Gasteiger partial charge on any atom is -1.00 e. The number of carbonyl (C=O) groups is 2. The number of hydrogen-bond acceptors (Lipinski definition) is 2. The van der Waals surface area contributed by atoms with Crippen LogP contribution in [0, 0.1) is 0 Å². The standard InChI is InChI=1S/C14H28N4O2.2ClH/c1-17(2,3)12-14(20)16-11-13(19)15-7-10-18(4)8-5-6-9-18;;/h5-12H2,1-4H3;2*1H. The van der Waals surface area contributed by atoms with Gasteiger partial charge in [0, 0.05) is 12.8 Å². The van der Waals surface area contributed by atoms with Gasteiger partial charge in [-0.2, -0.15) is 0 Å². The molecular weight excluding hydrogens is 327 g/mol. The molecule has 1 fully saturated rings. The molecule has 1 aliphatic rings. The van der Waals surface area contributed by atoms with Crippen LogP contribution in [0.25, 0.3) is 0 Å². The Bertz CT molecular complexity index is 353. The molecule has 1 rings (SSSR count). The van der Waals surface area contributed by atoms with Crippen molar-refractivity contribution in [3.05, 3.63) is 0 Å². The van der Waals surface area contributed by atoms with E-state index in [4.69, 9.17) is 0 Å². The maximum absolute atomic E-state index is 11.7. The number of amides is 2. The van der Waals surface area contributed by atoms with E-state index >= 15 is 0 Å². The van der Waals surface area contributed by atoms with Crippen LogP contribution in [0.2, 0.25) is 0 Å². The second kappa shape index (κ2) is 10.3. The maximum Gasteiger partial charge on any atom is 0.275 e. The number of halogens is 2. The molecule has 2 amide bonds. The van der Waals surface area contributed by atoms with Gasteiger partial charge in [-0.05, 0) is 0 Å². The fourth-order valence-electron chi connectivity index (χ4n) is 2.52. The smallest absolute Gasteiger partial charge is 0.275 e. The topological polar surface area (TPSA) is 58.2 Å². The Morgan fingerprint density at radius 3 is 2.05 bits per heavy atom. The van der Waals surface area contributed by atoms with Crippen molar-refractivity contribution < 1.29 is 43.4 Å². The molecule has 0 spiro atoms. The molecule has 1 heterocycles. The number of likely N-dealkylation sites (N-methyl/N-ethyl adjacent to an activating group) is 2. The van der Waals surface area contributed by atoms with Crippen molar-refractivity contribution in [2.45, 2.75) is 12.8 Å². The van der Waals surface area contributed by atoms with E-state index in [1.165, 1.54) is 25.9 Å². The molecule has 0 atom stereocenters. The summed E-state index contributed by atoms with van der Waals surface area (Å²) in [7, 11) is 8.07. The first kappa shape index (κ1) is 23.7. The molecule has 1 saturated heterocycles. The van der Waals surface area contributed by atoms with Gasteiger partial charge in [-0.3, -0.25) is 9.59 Å². The summed E-state index contributed by atoms with van der Waals surface area (Å²) in [5.41, 5.74) is 0. The molecule has 0 bridgehead atoms. The van der Waals surface area contributed by atoms with Crippen LogP contribution in [-0.4, -0.2) is 88.2 Å². The maximum atomic E-state index is 11.7. The Hall–Kier alpha value is -0.560. The fourth-order valence-corrected chi connectivity index (χ4v) is 2.52. The molecule has 1 aliphatic heterocycles. The van der Waals surface area contributed by atoms with Crippen LogP contribution >= 0.6 is 0 Å². The minimum absolute atomic E-state index is 0. The summed E-state index contributed by atoms with van der Waals surface area (Å²) < 4.78 is 1.61. The Morgan fingerprint density at radius 2 is 1.55 bits per heavy atom. The van der Waals surface area contributed by atoms with E-state index < -0.39 is 0 Å². The lowest BCUT2D eigenvalue weighted by Crippen LogP contribution is -3.00. The Labute approximate surface area is 146 Å². The first-order valence-corrected chi connectivity index (χ1v) is 7.38. The van der Waals surface area contributed by atoms with Gasteiger partial charge in [0.05, 0.1) is 60.9 Å². The van der Waals surface area contributed by atoms with E-state index in [-0.39, 0.29) is 43.2 Å². The lowest BCUT2D eigenvalue weighted by Gasteiger charge is -2.29. The van der Waals surface area contributed by atoms with Gasteiger partial charge in [-0.1, -0.05) is 0 Å². The van der Waals surface area contributed by atoms with Crippen LogP contribution in [0.4, 0.5) is 0 Å². The second-order valence-corrected chi connectivity index (χ2v) is 7.07. The summed E-state index contributed by atoms with van der Waals surface area (Å²) in [4.78, 5) is 23.2. The van der Waals surface area contributed by atoms with E-state index in [0.717, 1.165) is 11.0 Å². The second-order valence-electron chi connectivity index (χ2n) is 7.07. The molecule has 8 heteroatoms. The predicted octanol–water partition coefficient (Wildman–Crippen LogP) is -6.83. The lowest BCUT2D eigenvalue weighted by molar-refractivity contribution is -0.896. The van der Waals surface area contributed by atoms with Crippen LogP contribution in [0.1, 0.15) is 12.8 Å². The molecule has 0 aromatic carbocycles. The van der Waals surface area contributed by atoms with Gasteiger partial charge in [-0.25, -0.2) is 0 Å². The van der Waals surface area contributed by atoms with Crippen molar-refractivity contribution in [1.82, 2.24) is 10.6 Å². The number of quaternary nitrogens is 2. The summed E-state index contributed by atoms with van der Waals surface area (Å²) in [6, 6.07) is 0. The number of carbonyl (C=O) groups excluding carboxylic acids is 2. The van der Waals surface area contributed by atoms with Crippen LogP contribution in [-0.2, 0) is 9.59 Å². The number of likely N-dealkylation sites (tertiary alicyclic amines) is 1. The normalized spacial score (nSPS) is 16.2. The molecule has 0 aromatic rings. The molecule has 0 radical (unpaired) electrons. The quantitative estimate of drug-likeness (QED) is 0.445. The zero-order valence-corrected chi connectivity index (χ0v) is 15.6. The first-order valence-electron chi connectivity index (χ1n) is 7.38. The van der Waals surface area contributed by atoms with Gasteiger partial charge in [0.2, 0.25) is 5.91 Å². The largest absolute Gasteiger partial charge is 1.00 e. The van der Waals surface area contributed by atoms with Crippen molar-refractivity contribution in [1.29, 1.82) is 0 Å². The van der Waals surface area contributed by atoms with Crippen molar-refractivity contribution in [3.8, 4) is 0 Å². The Morgan fingerprint density at radius 1 is 1.00 bits per heavy atom. The highest BCUT2D eigenvalue weighted by molar-refractivity contribution is 5.85. The number of hydrogen-bond donors (Lipinski definition) is 2. The zero-order valence-electron chi connectivity index (χ0n) is 14.1. The molecule has 0 unspecified atom stereocenters. The van der Waals surface area contributed by atoms with Crippen LogP contribution in [0.3, 0.4) is 0 Å². The van der Waals surface area contributed by atoms with Gasteiger partial charge < -0.3 is 44.4 Å². The number of nitrogens with one attached hydrogen (secondary N) is 2. The van der Waals surface area contributed by atoms with Crippen LogP contribution in [0.5, 0.6) is 0 Å². The van der Waals surface area contributed by atoms with Gasteiger partial charge in [0.1, 0.15) is 0 Å². The molecule has 0 aromatic heterocycles. The van der Waals surface area contributed by atoms with Crippen molar-refractivity contribution in [2.24, 2.45) is 0 Å². The molecule has 2 N–H and O–H groups in total. The monoisotopic (exact) mass is 356 g/mol. The zero-order chi connectivity index (χ0) is 15.2. The molecule has 0 saturated carbocycles. The SMILES string of the molecule is C[N+](C)(C)CC(=O)NCC(=O)NCC[N+]1(C)CCCC1.[Cl-].[Cl-]. The van der Waals surface area contributed by atoms with Gasteiger partial charge in [0.15, 0.2) is 6.54 Å². The van der Waals surface area contributed by atoms with Gasteiger partial charge in [-0.15, -0.1) is 0 Å². The summed E-state index contributed by atoms with van der Waals surface area (Å²) in [5.74, 6) is -0.197. The summed E-state index contributed by atoms with van der Waals surface area (Å²) in [6.45, 7) is 4.51. The molecule has 132 valence electrons. The lowest BCUT2D eigenvalue weighted by atomic mass is 10.4. The molecule has 6 nitrogen and oxygen atoms in total.